The van der Waals surface area contributed by atoms with Crippen molar-refractivity contribution in [2.45, 2.75) is 18.8 Å². The van der Waals surface area contributed by atoms with Gasteiger partial charge >= 0.3 is 0 Å². The van der Waals surface area contributed by atoms with Crippen molar-refractivity contribution in [2.75, 3.05) is 18.0 Å². The number of halogens is 2. The molecule has 0 N–H and O–H groups in total. The molecule has 1 aliphatic heterocycles. The van der Waals surface area contributed by atoms with Crippen molar-refractivity contribution in [1.29, 1.82) is 0 Å². The van der Waals surface area contributed by atoms with Crippen molar-refractivity contribution < 1.29 is 0 Å². The molecule has 0 spiro atoms. The van der Waals surface area contributed by atoms with Crippen LogP contribution in [0.4, 0.5) is 5.69 Å². The Balaban J connectivity index is 1.73. The second-order valence-electron chi connectivity index (χ2n) is 6.20. The first-order valence-electron chi connectivity index (χ1n) is 7.96. The minimum absolute atomic E-state index is 0.386. The zero-order valence-electron chi connectivity index (χ0n) is 13.3. The Hall–Kier alpha value is -1.66. The van der Waals surface area contributed by atoms with E-state index in [2.05, 4.69) is 48.1 Å². The number of pyridine rings is 1. The molecule has 2 aromatic heterocycles. The van der Waals surface area contributed by atoms with Gasteiger partial charge in [-0.1, -0.05) is 27.5 Å². The number of hydrogen-bond acceptors (Lipinski definition) is 4. The molecule has 3 aromatic rings. The Morgan fingerprint density at radius 3 is 3.00 bits per heavy atom. The van der Waals surface area contributed by atoms with Gasteiger partial charge in [-0.25, -0.2) is 0 Å². The van der Waals surface area contributed by atoms with Gasteiger partial charge in [0.2, 0.25) is 0 Å². The van der Waals surface area contributed by atoms with E-state index in [0.29, 0.717) is 10.9 Å². The summed E-state index contributed by atoms with van der Waals surface area (Å²) in [5, 5.41) is 10.1. The number of rotatable bonds is 2. The van der Waals surface area contributed by atoms with Gasteiger partial charge in [0.15, 0.2) is 0 Å². The molecule has 24 heavy (non-hydrogen) atoms. The average Bonchev–Trinajstić information content (AvgIpc) is 3.00. The Kier molecular flexibility index (Phi) is 4.18. The van der Waals surface area contributed by atoms with Crippen LogP contribution >= 0.6 is 27.5 Å². The van der Waals surface area contributed by atoms with Gasteiger partial charge in [0.1, 0.15) is 12.2 Å². The van der Waals surface area contributed by atoms with E-state index >= 15 is 0 Å². The quantitative estimate of drug-likeness (QED) is 0.641. The van der Waals surface area contributed by atoms with Crippen molar-refractivity contribution in [3.63, 3.8) is 0 Å². The Labute approximate surface area is 153 Å². The fourth-order valence-corrected chi connectivity index (χ4v) is 4.37. The third-order valence-corrected chi connectivity index (χ3v) is 5.36. The van der Waals surface area contributed by atoms with E-state index in [9.17, 15) is 0 Å². The predicted molar refractivity (Wildman–Crippen MR) is 99.6 cm³/mol. The largest absolute Gasteiger partial charge is 0.370 e. The van der Waals surface area contributed by atoms with Gasteiger partial charge in [0.25, 0.3) is 0 Å². The minimum Gasteiger partial charge on any atom is -0.370 e. The topological polar surface area (TPSA) is 46.8 Å². The molecule has 1 aliphatic rings. The first kappa shape index (κ1) is 15.8. The van der Waals surface area contributed by atoms with Crippen LogP contribution in [0.15, 0.2) is 35.2 Å². The molecule has 4 rings (SSSR count). The molecule has 5 nitrogen and oxygen atoms in total. The zero-order valence-corrected chi connectivity index (χ0v) is 15.6. The number of anilines is 1. The molecule has 0 amide bonds. The van der Waals surface area contributed by atoms with Crippen molar-refractivity contribution in [2.24, 2.45) is 7.05 Å². The zero-order chi connectivity index (χ0) is 16.7. The van der Waals surface area contributed by atoms with Crippen LogP contribution in [0.1, 0.15) is 24.6 Å². The number of nitrogens with zero attached hydrogens (tertiary/aromatic N) is 5. The SMILES string of the molecule is Cn1cnnc1C1CCCN(c2ccnc3c(Cl)cc(Br)cc23)C1. The first-order chi connectivity index (χ1) is 11.6. The fourth-order valence-electron chi connectivity index (χ4n) is 3.51. The van der Waals surface area contributed by atoms with Gasteiger partial charge < -0.3 is 9.47 Å². The van der Waals surface area contributed by atoms with Crippen molar-refractivity contribution >= 4 is 44.1 Å². The fraction of sp³-hybridized carbons (Fsp3) is 0.353. The molecule has 124 valence electrons. The molecule has 0 aliphatic carbocycles. The molecule has 1 fully saturated rings. The molecule has 1 atom stereocenters. The van der Waals surface area contributed by atoms with Crippen LogP contribution in [0, 0.1) is 0 Å². The van der Waals surface area contributed by atoms with Crippen LogP contribution in [-0.2, 0) is 7.05 Å². The Morgan fingerprint density at radius 1 is 1.33 bits per heavy atom. The molecule has 1 aromatic carbocycles. The summed E-state index contributed by atoms with van der Waals surface area (Å²) in [6.07, 6.45) is 5.87. The monoisotopic (exact) mass is 405 g/mol. The molecule has 0 bridgehead atoms. The van der Waals surface area contributed by atoms with E-state index < -0.39 is 0 Å². The van der Waals surface area contributed by atoms with E-state index in [-0.39, 0.29) is 0 Å². The van der Waals surface area contributed by atoms with Crippen LogP contribution in [-0.4, -0.2) is 32.8 Å². The summed E-state index contributed by atoms with van der Waals surface area (Å²) in [5.41, 5.74) is 2.02. The third-order valence-electron chi connectivity index (χ3n) is 4.61. The normalized spacial score (nSPS) is 18.3. The lowest BCUT2D eigenvalue weighted by molar-refractivity contribution is 0.481. The second kappa shape index (κ2) is 6.33. The number of aromatic nitrogens is 4. The second-order valence-corrected chi connectivity index (χ2v) is 7.52. The molecule has 3 heterocycles. The summed E-state index contributed by atoms with van der Waals surface area (Å²) in [4.78, 5) is 6.87. The summed E-state index contributed by atoms with van der Waals surface area (Å²) >= 11 is 9.91. The summed E-state index contributed by atoms with van der Waals surface area (Å²) in [5.74, 6) is 1.44. The Bertz CT molecular complexity index is 894. The molecule has 0 saturated carbocycles. The lowest BCUT2D eigenvalue weighted by atomic mass is 9.96. The number of hydrogen-bond donors (Lipinski definition) is 0. The van der Waals surface area contributed by atoms with E-state index in [4.69, 9.17) is 11.6 Å². The summed E-state index contributed by atoms with van der Waals surface area (Å²) < 4.78 is 2.99. The van der Waals surface area contributed by atoms with Gasteiger partial charge in [0, 0.05) is 47.8 Å². The van der Waals surface area contributed by atoms with Crippen molar-refractivity contribution in [3.8, 4) is 0 Å². The predicted octanol–water partition coefficient (Wildman–Crippen LogP) is 4.16. The Morgan fingerprint density at radius 2 is 2.21 bits per heavy atom. The highest BCUT2D eigenvalue weighted by Gasteiger charge is 2.26. The summed E-state index contributed by atoms with van der Waals surface area (Å²) in [6, 6.07) is 6.05. The average molecular weight is 407 g/mol. The number of aryl methyl sites for hydroxylation is 1. The van der Waals surface area contributed by atoms with Gasteiger partial charge in [-0.2, -0.15) is 0 Å². The van der Waals surface area contributed by atoms with Crippen molar-refractivity contribution in [3.05, 3.63) is 46.0 Å². The number of piperidine rings is 1. The van der Waals surface area contributed by atoms with Crippen LogP contribution in [0.2, 0.25) is 5.02 Å². The summed E-state index contributed by atoms with van der Waals surface area (Å²) in [7, 11) is 2.01. The lowest BCUT2D eigenvalue weighted by Crippen LogP contribution is -2.35. The smallest absolute Gasteiger partial charge is 0.137 e. The van der Waals surface area contributed by atoms with Crippen molar-refractivity contribution in [1.82, 2.24) is 19.7 Å². The van der Waals surface area contributed by atoms with E-state index in [1.165, 1.54) is 5.69 Å². The van der Waals surface area contributed by atoms with Crippen LogP contribution in [0.25, 0.3) is 10.9 Å². The molecule has 1 saturated heterocycles. The first-order valence-corrected chi connectivity index (χ1v) is 9.13. The maximum Gasteiger partial charge on any atom is 0.137 e. The van der Waals surface area contributed by atoms with E-state index in [0.717, 1.165) is 47.1 Å². The highest BCUT2D eigenvalue weighted by Crippen LogP contribution is 2.36. The van der Waals surface area contributed by atoms with Gasteiger partial charge in [-0.15, -0.1) is 10.2 Å². The molecular weight excluding hydrogens is 390 g/mol. The van der Waals surface area contributed by atoms with Gasteiger partial charge in [0.05, 0.1) is 10.5 Å². The van der Waals surface area contributed by atoms with E-state index in [1.54, 1.807) is 6.33 Å². The van der Waals surface area contributed by atoms with Crippen LogP contribution in [0.3, 0.4) is 0 Å². The minimum atomic E-state index is 0.386. The molecule has 0 radical (unpaired) electrons. The van der Waals surface area contributed by atoms with Gasteiger partial charge in [-0.05, 0) is 31.0 Å². The standard InChI is InChI=1S/C17H17BrClN5/c1-23-10-21-22-17(23)11-3-2-6-24(9-11)15-4-5-20-16-13(15)7-12(18)8-14(16)19/h4-5,7-8,10-11H,2-3,6,9H2,1H3. The third kappa shape index (κ3) is 2.78. The van der Waals surface area contributed by atoms with Gasteiger partial charge in [-0.3, -0.25) is 4.98 Å². The maximum atomic E-state index is 6.37. The highest BCUT2D eigenvalue weighted by molar-refractivity contribution is 9.10. The van der Waals surface area contributed by atoms with E-state index in [1.807, 2.05) is 23.9 Å². The number of fused-ring (bicyclic) bond motifs is 1. The highest BCUT2D eigenvalue weighted by atomic mass is 79.9. The van der Waals surface area contributed by atoms with Crippen LogP contribution in [0.5, 0.6) is 0 Å². The summed E-state index contributed by atoms with van der Waals surface area (Å²) in [6.45, 7) is 1.95. The molecular formula is C17H17BrClN5. The molecule has 7 heteroatoms. The lowest BCUT2D eigenvalue weighted by Gasteiger charge is -2.34. The van der Waals surface area contributed by atoms with Crippen LogP contribution < -0.4 is 4.90 Å². The maximum absolute atomic E-state index is 6.37. The molecule has 1 unspecified atom stereocenters. The number of benzene rings is 1.